The molecule has 0 saturated carbocycles. The second-order valence-electron chi connectivity index (χ2n) is 4.38. The number of aryl methyl sites for hydroxylation is 2. The van der Waals surface area contributed by atoms with Crippen molar-refractivity contribution in [2.45, 2.75) is 20.3 Å². The molecule has 3 nitrogen and oxygen atoms in total. The van der Waals surface area contributed by atoms with Crippen LogP contribution in [0.1, 0.15) is 18.1 Å². The third kappa shape index (κ3) is 3.85. The Labute approximate surface area is 113 Å². The maximum absolute atomic E-state index is 11.8. The number of rotatable bonds is 3. The second-order valence-corrected chi connectivity index (χ2v) is 4.38. The van der Waals surface area contributed by atoms with Crippen molar-refractivity contribution < 1.29 is 9.53 Å². The highest BCUT2D eigenvalue weighted by molar-refractivity contribution is 5.86. The van der Waals surface area contributed by atoms with E-state index in [1.165, 1.54) is 5.56 Å². The number of nitrogens with one attached hydrogen (secondary N) is 1. The standard InChI is InChI=1S/C16H17NO2/c1-3-13-7-5-8-14(11-13)17-16(18)19-15-9-4-6-12(2)10-15/h4-11H,3H2,1-2H3,(H,17,18). The van der Waals surface area contributed by atoms with Gasteiger partial charge >= 0.3 is 6.09 Å². The van der Waals surface area contributed by atoms with Crippen molar-refractivity contribution in [2.75, 3.05) is 5.32 Å². The molecule has 0 aliphatic heterocycles. The van der Waals surface area contributed by atoms with E-state index in [4.69, 9.17) is 4.74 Å². The van der Waals surface area contributed by atoms with Gasteiger partial charge < -0.3 is 4.74 Å². The van der Waals surface area contributed by atoms with E-state index in [2.05, 4.69) is 12.2 Å². The molecule has 2 aromatic carbocycles. The van der Waals surface area contributed by atoms with E-state index in [1.54, 1.807) is 6.07 Å². The summed E-state index contributed by atoms with van der Waals surface area (Å²) >= 11 is 0. The molecular formula is C16H17NO2. The fourth-order valence-corrected chi connectivity index (χ4v) is 1.80. The summed E-state index contributed by atoms with van der Waals surface area (Å²) in [5.41, 5.74) is 2.98. The Balaban J connectivity index is 2.01. The van der Waals surface area contributed by atoms with E-state index in [9.17, 15) is 4.79 Å². The molecule has 0 saturated heterocycles. The molecule has 98 valence electrons. The van der Waals surface area contributed by atoms with E-state index >= 15 is 0 Å². The minimum absolute atomic E-state index is 0.473. The molecule has 2 rings (SSSR count). The molecule has 0 bridgehead atoms. The zero-order valence-corrected chi connectivity index (χ0v) is 11.1. The lowest BCUT2D eigenvalue weighted by molar-refractivity contribution is 0.215. The molecule has 0 aliphatic rings. The van der Waals surface area contributed by atoms with Gasteiger partial charge in [-0.2, -0.15) is 0 Å². The van der Waals surface area contributed by atoms with E-state index in [1.807, 2.05) is 49.4 Å². The van der Waals surface area contributed by atoms with Crippen molar-refractivity contribution in [3.63, 3.8) is 0 Å². The van der Waals surface area contributed by atoms with Gasteiger partial charge in [0.2, 0.25) is 0 Å². The number of carbonyl (C=O) groups excluding carboxylic acids is 1. The maximum Gasteiger partial charge on any atom is 0.417 e. The van der Waals surface area contributed by atoms with Crippen LogP contribution in [0.3, 0.4) is 0 Å². The van der Waals surface area contributed by atoms with Crippen molar-refractivity contribution in [3.05, 3.63) is 59.7 Å². The van der Waals surface area contributed by atoms with E-state index in [-0.39, 0.29) is 0 Å². The summed E-state index contributed by atoms with van der Waals surface area (Å²) in [5.74, 6) is 0.546. The third-order valence-corrected chi connectivity index (χ3v) is 2.78. The van der Waals surface area contributed by atoms with Gasteiger partial charge in [-0.05, 0) is 48.7 Å². The Bertz CT molecular complexity index is 578. The van der Waals surface area contributed by atoms with Crippen molar-refractivity contribution >= 4 is 11.8 Å². The molecular weight excluding hydrogens is 238 g/mol. The van der Waals surface area contributed by atoms with Crippen LogP contribution < -0.4 is 10.1 Å². The van der Waals surface area contributed by atoms with Crippen LogP contribution in [0.15, 0.2) is 48.5 Å². The molecule has 1 amide bonds. The largest absolute Gasteiger partial charge is 0.417 e. The number of ether oxygens (including phenoxy) is 1. The second kappa shape index (κ2) is 6.05. The van der Waals surface area contributed by atoms with Crippen molar-refractivity contribution in [1.82, 2.24) is 0 Å². The number of benzene rings is 2. The van der Waals surface area contributed by atoms with Gasteiger partial charge in [0.05, 0.1) is 0 Å². The lowest BCUT2D eigenvalue weighted by atomic mass is 10.1. The molecule has 3 heteroatoms. The van der Waals surface area contributed by atoms with Crippen LogP contribution in [-0.4, -0.2) is 6.09 Å². The fourth-order valence-electron chi connectivity index (χ4n) is 1.80. The average Bonchev–Trinajstić information content (AvgIpc) is 2.38. The molecule has 0 aromatic heterocycles. The van der Waals surface area contributed by atoms with Gasteiger partial charge in [0.1, 0.15) is 5.75 Å². The molecule has 0 aliphatic carbocycles. The number of anilines is 1. The Kier molecular flexibility index (Phi) is 4.18. The van der Waals surface area contributed by atoms with Gasteiger partial charge in [-0.3, -0.25) is 5.32 Å². The molecule has 0 radical (unpaired) electrons. The van der Waals surface area contributed by atoms with Crippen LogP contribution in [0.25, 0.3) is 0 Å². The fraction of sp³-hybridized carbons (Fsp3) is 0.188. The lowest BCUT2D eigenvalue weighted by Gasteiger charge is -2.08. The lowest BCUT2D eigenvalue weighted by Crippen LogP contribution is -2.16. The number of hydrogen-bond donors (Lipinski definition) is 1. The monoisotopic (exact) mass is 255 g/mol. The first kappa shape index (κ1) is 13.1. The van der Waals surface area contributed by atoms with Gasteiger partial charge in [-0.25, -0.2) is 4.79 Å². The van der Waals surface area contributed by atoms with Gasteiger partial charge in [0, 0.05) is 5.69 Å². The summed E-state index contributed by atoms with van der Waals surface area (Å²) in [6.45, 7) is 4.03. The predicted octanol–water partition coefficient (Wildman–Crippen LogP) is 4.17. The molecule has 2 aromatic rings. The first-order valence-corrected chi connectivity index (χ1v) is 6.32. The molecule has 0 spiro atoms. The predicted molar refractivity (Wildman–Crippen MR) is 76.6 cm³/mol. The van der Waals surface area contributed by atoms with E-state index in [0.717, 1.165) is 17.7 Å². The highest BCUT2D eigenvalue weighted by Crippen LogP contribution is 2.15. The van der Waals surface area contributed by atoms with E-state index in [0.29, 0.717) is 5.75 Å². The summed E-state index contributed by atoms with van der Waals surface area (Å²) in [6, 6.07) is 15.1. The Hall–Kier alpha value is -2.29. The zero-order chi connectivity index (χ0) is 13.7. The summed E-state index contributed by atoms with van der Waals surface area (Å²) in [5, 5.41) is 2.72. The minimum Gasteiger partial charge on any atom is -0.410 e. The molecule has 1 N–H and O–H groups in total. The molecule has 0 atom stereocenters. The number of carbonyl (C=O) groups is 1. The molecule has 0 unspecified atom stereocenters. The van der Waals surface area contributed by atoms with Crippen LogP contribution in [0.4, 0.5) is 10.5 Å². The quantitative estimate of drug-likeness (QED) is 0.894. The van der Waals surface area contributed by atoms with Crippen LogP contribution >= 0.6 is 0 Å². The van der Waals surface area contributed by atoms with Crippen LogP contribution in [0.2, 0.25) is 0 Å². The Morgan fingerprint density at radius 2 is 1.95 bits per heavy atom. The highest BCUT2D eigenvalue weighted by Gasteiger charge is 2.05. The summed E-state index contributed by atoms with van der Waals surface area (Å²) in [4.78, 5) is 11.8. The first-order valence-electron chi connectivity index (χ1n) is 6.32. The zero-order valence-electron chi connectivity index (χ0n) is 11.1. The Morgan fingerprint density at radius 3 is 2.68 bits per heavy atom. The van der Waals surface area contributed by atoms with Crippen LogP contribution in [0.5, 0.6) is 5.75 Å². The van der Waals surface area contributed by atoms with Gasteiger partial charge in [-0.15, -0.1) is 0 Å². The van der Waals surface area contributed by atoms with Gasteiger partial charge in [0.25, 0.3) is 0 Å². The summed E-state index contributed by atoms with van der Waals surface area (Å²) in [7, 11) is 0. The van der Waals surface area contributed by atoms with Gasteiger partial charge in [-0.1, -0.05) is 31.2 Å². The topological polar surface area (TPSA) is 38.3 Å². The Morgan fingerprint density at radius 1 is 1.16 bits per heavy atom. The minimum atomic E-state index is -0.473. The van der Waals surface area contributed by atoms with Crippen molar-refractivity contribution in [2.24, 2.45) is 0 Å². The number of amides is 1. The highest BCUT2D eigenvalue weighted by atomic mass is 16.6. The number of hydrogen-bond acceptors (Lipinski definition) is 2. The van der Waals surface area contributed by atoms with Crippen LogP contribution in [-0.2, 0) is 6.42 Å². The van der Waals surface area contributed by atoms with Crippen LogP contribution in [0, 0.1) is 6.92 Å². The SMILES string of the molecule is CCc1cccc(NC(=O)Oc2cccc(C)c2)c1. The maximum atomic E-state index is 11.8. The van der Waals surface area contributed by atoms with Gasteiger partial charge in [0.15, 0.2) is 0 Å². The summed E-state index contributed by atoms with van der Waals surface area (Å²) in [6.07, 6.45) is 0.460. The summed E-state index contributed by atoms with van der Waals surface area (Å²) < 4.78 is 5.22. The van der Waals surface area contributed by atoms with Crippen molar-refractivity contribution in [3.8, 4) is 5.75 Å². The van der Waals surface area contributed by atoms with E-state index < -0.39 is 6.09 Å². The third-order valence-electron chi connectivity index (χ3n) is 2.78. The average molecular weight is 255 g/mol. The normalized spacial score (nSPS) is 10.0. The first-order chi connectivity index (χ1) is 9.17. The molecule has 0 fully saturated rings. The molecule has 19 heavy (non-hydrogen) atoms. The van der Waals surface area contributed by atoms with Crippen molar-refractivity contribution in [1.29, 1.82) is 0 Å². The molecule has 0 heterocycles. The smallest absolute Gasteiger partial charge is 0.410 e.